The Bertz CT molecular complexity index is 966. The average molecular weight is 468 g/mol. The molecule has 0 radical (unpaired) electrons. The van der Waals surface area contributed by atoms with E-state index in [9.17, 15) is 9.59 Å². The molecule has 1 saturated heterocycles. The van der Waals surface area contributed by atoms with Crippen molar-refractivity contribution < 1.29 is 14.3 Å². The van der Waals surface area contributed by atoms with E-state index in [0.29, 0.717) is 31.0 Å². The van der Waals surface area contributed by atoms with Gasteiger partial charge >= 0.3 is 6.03 Å². The fraction of sp³-hybridized carbons (Fsp3) is 0.333. The molecule has 1 aliphatic rings. The smallest absolute Gasteiger partial charge is 0.315 e. The number of urea groups is 1. The van der Waals surface area contributed by atoms with Crippen molar-refractivity contribution in [2.24, 2.45) is 11.6 Å². The number of hydrazine groups is 1. The first kappa shape index (κ1) is 24.7. The molecule has 2 aromatic carbocycles. The number of rotatable bonds is 10. The van der Waals surface area contributed by atoms with E-state index in [0.717, 1.165) is 24.2 Å². The monoisotopic (exact) mass is 467 g/mol. The summed E-state index contributed by atoms with van der Waals surface area (Å²) < 4.78 is 5.61. The number of para-hydroxylation sites is 1. The molecule has 10 heteroatoms. The van der Waals surface area contributed by atoms with Gasteiger partial charge in [-0.1, -0.05) is 30.3 Å². The molecule has 34 heavy (non-hydrogen) atoms. The Balaban J connectivity index is 1.40. The fourth-order valence-corrected chi connectivity index (χ4v) is 3.72. The third-order valence-electron chi connectivity index (χ3n) is 5.43. The Kier molecular flexibility index (Phi) is 8.98. The van der Waals surface area contributed by atoms with Crippen LogP contribution in [0.2, 0.25) is 0 Å². The van der Waals surface area contributed by atoms with Crippen LogP contribution in [0.5, 0.6) is 5.75 Å². The molecule has 0 spiro atoms. The van der Waals surface area contributed by atoms with Gasteiger partial charge in [0.25, 0.3) is 0 Å². The predicted molar refractivity (Wildman–Crippen MR) is 131 cm³/mol. The van der Waals surface area contributed by atoms with Crippen molar-refractivity contribution in [1.82, 2.24) is 20.5 Å². The van der Waals surface area contributed by atoms with Crippen LogP contribution in [0.3, 0.4) is 0 Å². The topological polar surface area (TPSA) is 152 Å². The lowest BCUT2D eigenvalue weighted by molar-refractivity contribution is -0.131. The van der Waals surface area contributed by atoms with E-state index in [4.69, 9.17) is 22.0 Å². The van der Waals surface area contributed by atoms with E-state index in [1.54, 1.807) is 23.2 Å². The Morgan fingerprint density at radius 3 is 2.59 bits per heavy atom. The number of nitrogens with zero attached hydrogens (tertiary/aromatic N) is 2. The average Bonchev–Trinajstić information content (AvgIpc) is 3.29. The molecule has 8 N–H and O–H groups in total. The van der Waals surface area contributed by atoms with Gasteiger partial charge in [-0.2, -0.15) is 0 Å². The molecule has 0 saturated carbocycles. The van der Waals surface area contributed by atoms with Gasteiger partial charge in [-0.25, -0.2) is 10.6 Å². The minimum atomic E-state index is -0.407. The second-order valence-corrected chi connectivity index (χ2v) is 8.16. The molecule has 10 nitrogen and oxygen atoms in total. The molecule has 1 fully saturated rings. The largest absolute Gasteiger partial charge is 0.487 e. The number of hydrogen-bond donors (Lipinski definition) is 5. The van der Waals surface area contributed by atoms with E-state index in [1.807, 2.05) is 42.5 Å². The van der Waals surface area contributed by atoms with E-state index >= 15 is 0 Å². The SMILES string of the molecule is N/C(=C\N(N)C[C@H]1CCCN1C(=O)CNC(=O)NCc1ccc(N)cc1)COc1ccccc1. The van der Waals surface area contributed by atoms with Crippen LogP contribution >= 0.6 is 0 Å². The van der Waals surface area contributed by atoms with Crippen molar-refractivity contribution in [1.29, 1.82) is 0 Å². The lowest BCUT2D eigenvalue weighted by Gasteiger charge is -2.28. The maximum Gasteiger partial charge on any atom is 0.315 e. The lowest BCUT2D eigenvalue weighted by atomic mass is 10.2. The highest BCUT2D eigenvalue weighted by Crippen LogP contribution is 2.18. The summed E-state index contributed by atoms with van der Waals surface area (Å²) in [6.45, 7) is 1.53. The molecule has 3 rings (SSSR count). The van der Waals surface area contributed by atoms with Gasteiger partial charge in [-0.15, -0.1) is 0 Å². The number of anilines is 1. The number of nitrogen functional groups attached to an aromatic ring is 1. The molecule has 0 bridgehead atoms. The van der Waals surface area contributed by atoms with Crippen molar-refractivity contribution >= 4 is 17.6 Å². The molecule has 182 valence electrons. The molecule has 1 heterocycles. The van der Waals surface area contributed by atoms with E-state index in [-0.39, 0.29) is 25.1 Å². The summed E-state index contributed by atoms with van der Waals surface area (Å²) in [6, 6.07) is 16.1. The quantitative estimate of drug-likeness (QED) is 0.199. The number of nitrogens with two attached hydrogens (primary N) is 3. The summed E-state index contributed by atoms with van der Waals surface area (Å²) in [7, 11) is 0. The Labute approximate surface area is 199 Å². The van der Waals surface area contributed by atoms with E-state index in [2.05, 4.69) is 10.6 Å². The highest BCUT2D eigenvalue weighted by molar-refractivity contribution is 5.84. The number of hydrogen-bond acceptors (Lipinski definition) is 7. The van der Waals surface area contributed by atoms with Crippen LogP contribution in [0.25, 0.3) is 0 Å². The zero-order valence-corrected chi connectivity index (χ0v) is 19.2. The Hall–Kier alpha value is -3.92. The minimum absolute atomic E-state index is 0.0590. The van der Waals surface area contributed by atoms with Crippen LogP contribution in [-0.4, -0.2) is 54.1 Å². The molecule has 0 aliphatic carbocycles. The second kappa shape index (κ2) is 12.4. The van der Waals surface area contributed by atoms with Gasteiger partial charge in [0.1, 0.15) is 12.4 Å². The number of carbonyl (C=O) groups is 2. The van der Waals surface area contributed by atoms with Crippen LogP contribution < -0.4 is 32.7 Å². The molecule has 1 atom stereocenters. The number of nitrogens with one attached hydrogen (secondary N) is 2. The van der Waals surface area contributed by atoms with Crippen molar-refractivity contribution in [3.63, 3.8) is 0 Å². The van der Waals surface area contributed by atoms with Crippen LogP contribution in [0.15, 0.2) is 66.5 Å². The summed E-state index contributed by atoms with van der Waals surface area (Å²) in [6.07, 6.45) is 3.33. The van der Waals surface area contributed by atoms with Crippen molar-refractivity contribution in [3.05, 3.63) is 72.1 Å². The maximum atomic E-state index is 12.7. The zero-order chi connectivity index (χ0) is 24.3. The summed E-state index contributed by atoms with van der Waals surface area (Å²) in [4.78, 5) is 26.5. The van der Waals surface area contributed by atoms with Gasteiger partial charge in [-0.05, 0) is 42.7 Å². The highest BCUT2D eigenvalue weighted by Gasteiger charge is 2.29. The van der Waals surface area contributed by atoms with Crippen molar-refractivity contribution in [2.75, 3.05) is 32.0 Å². The van der Waals surface area contributed by atoms with E-state index in [1.165, 1.54) is 5.01 Å². The number of carbonyl (C=O) groups excluding carboxylic acids is 2. The first-order valence-electron chi connectivity index (χ1n) is 11.2. The van der Waals surface area contributed by atoms with Crippen molar-refractivity contribution in [3.8, 4) is 5.75 Å². The fourth-order valence-electron chi connectivity index (χ4n) is 3.72. The van der Waals surface area contributed by atoms with Gasteiger partial charge in [-0.3, -0.25) is 4.79 Å². The summed E-state index contributed by atoms with van der Waals surface area (Å²) in [5.41, 5.74) is 13.7. The van der Waals surface area contributed by atoms with Crippen LogP contribution in [0, 0.1) is 0 Å². The Morgan fingerprint density at radius 2 is 1.85 bits per heavy atom. The molecule has 1 aliphatic heterocycles. The molecule has 0 unspecified atom stereocenters. The number of amides is 3. The highest BCUT2D eigenvalue weighted by atomic mass is 16.5. The predicted octanol–water partition coefficient (Wildman–Crippen LogP) is 1.11. The zero-order valence-electron chi connectivity index (χ0n) is 19.2. The second-order valence-electron chi connectivity index (χ2n) is 8.16. The van der Waals surface area contributed by atoms with Crippen molar-refractivity contribution in [2.45, 2.75) is 25.4 Å². The maximum absolute atomic E-state index is 12.7. The van der Waals surface area contributed by atoms with Gasteiger partial charge in [0.05, 0.1) is 24.8 Å². The number of ether oxygens (including phenoxy) is 1. The van der Waals surface area contributed by atoms with Gasteiger partial charge in [0.2, 0.25) is 5.91 Å². The third kappa shape index (κ3) is 7.89. The van der Waals surface area contributed by atoms with Gasteiger partial charge in [0, 0.05) is 25.0 Å². The molecular weight excluding hydrogens is 434 g/mol. The number of benzene rings is 2. The normalized spacial score (nSPS) is 15.6. The van der Waals surface area contributed by atoms with Crippen LogP contribution in [0.1, 0.15) is 18.4 Å². The first-order chi connectivity index (χ1) is 16.4. The molecule has 0 aromatic heterocycles. The minimum Gasteiger partial charge on any atom is -0.487 e. The lowest BCUT2D eigenvalue weighted by Crippen LogP contribution is -2.48. The summed E-state index contributed by atoms with van der Waals surface area (Å²) >= 11 is 0. The van der Waals surface area contributed by atoms with Crippen LogP contribution in [-0.2, 0) is 11.3 Å². The first-order valence-corrected chi connectivity index (χ1v) is 11.2. The van der Waals surface area contributed by atoms with Gasteiger partial charge in [0.15, 0.2) is 0 Å². The summed E-state index contributed by atoms with van der Waals surface area (Å²) in [5, 5.41) is 6.83. The molecule has 2 aromatic rings. The summed E-state index contributed by atoms with van der Waals surface area (Å²) in [5.74, 6) is 6.68. The van der Waals surface area contributed by atoms with Gasteiger partial charge < -0.3 is 36.7 Å². The number of likely N-dealkylation sites (tertiary alicyclic amines) is 1. The molecule has 3 amide bonds. The van der Waals surface area contributed by atoms with E-state index < -0.39 is 6.03 Å². The third-order valence-corrected chi connectivity index (χ3v) is 5.43. The Morgan fingerprint density at radius 1 is 1.12 bits per heavy atom. The molecular formula is C24H33N7O3. The standard InChI is InChI=1S/C24H33N7O3/c25-19-10-8-18(9-11-19)13-28-24(33)29-14-23(32)31-12-4-5-21(31)16-30(27)15-20(26)17-34-22-6-2-1-3-7-22/h1-3,6-11,15,21H,4-5,12-14,16-17,25-27H2,(H2,28,29,33)/b20-15-/t21-/m1/s1. The van der Waals surface area contributed by atoms with Crippen LogP contribution in [0.4, 0.5) is 10.5 Å².